The first-order valence-corrected chi connectivity index (χ1v) is 9.50. The molecule has 1 N–H and O–H groups in total. The van der Waals surface area contributed by atoms with Gasteiger partial charge in [0.15, 0.2) is 0 Å². The number of carbonyl (C=O) groups excluding carboxylic acids is 2. The van der Waals surface area contributed by atoms with E-state index in [-0.39, 0.29) is 24.0 Å². The number of hydrogen-bond donors (Lipinski definition) is 1. The van der Waals surface area contributed by atoms with Gasteiger partial charge in [0.1, 0.15) is 11.9 Å². The quantitative estimate of drug-likeness (QED) is 0.785. The van der Waals surface area contributed by atoms with Crippen LogP contribution in [0.5, 0.6) is 5.75 Å². The molecule has 0 aromatic heterocycles. The van der Waals surface area contributed by atoms with Crippen molar-refractivity contribution in [2.24, 2.45) is 5.92 Å². The molecule has 1 atom stereocenters. The largest absolute Gasteiger partial charge is 0.486 e. The third kappa shape index (κ3) is 4.71. The van der Waals surface area contributed by atoms with E-state index in [9.17, 15) is 9.59 Å². The van der Waals surface area contributed by atoms with Gasteiger partial charge in [0.05, 0.1) is 19.7 Å². The maximum absolute atomic E-state index is 12.3. The topological polar surface area (TPSA) is 71.1 Å². The monoisotopic (exact) mass is 375 g/mol. The van der Waals surface area contributed by atoms with Crippen molar-refractivity contribution in [2.45, 2.75) is 26.4 Å². The van der Waals surface area contributed by atoms with Gasteiger partial charge in [0, 0.05) is 39.1 Å². The lowest BCUT2D eigenvalue weighted by molar-refractivity contribution is -0.128. The van der Waals surface area contributed by atoms with Crippen LogP contribution in [0.4, 0.5) is 4.79 Å². The van der Waals surface area contributed by atoms with Crippen LogP contribution < -0.4 is 10.1 Å². The minimum atomic E-state index is -0.0841. The fourth-order valence-electron chi connectivity index (χ4n) is 3.58. The number of rotatable bonds is 7. The van der Waals surface area contributed by atoms with E-state index in [1.807, 2.05) is 32.0 Å². The molecule has 27 heavy (non-hydrogen) atoms. The van der Waals surface area contributed by atoms with Gasteiger partial charge in [-0.25, -0.2) is 4.79 Å². The van der Waals surface area contributed by atoms with Crippen LogP contribution in [-0.4, -0.2) is 74.3 Å². The molecule has 0 saturated carbocycles. The number of urea groups is 1. The number of likely N-dealkylation sites (tertiary alicyclic amines) is 2. The van der Waals surface area contributed by atoms with E-state index >= 15 is 0 Å². The molecule has 3 rings (SSSR count). The Balaban J connectivity index is 1.38. The SMILES string of the molecule is COCCN1C[C@H](CNC(=O)N2CC(Oc3c(C)cccc3C)C2)CC1=O. The Kier molecular flexibility index (Phi) is 6.21. The molecule has 0 aliphatic carbocycles. The van der Waals surface area contributed by atoms with Gasteiger partial charge in [-0.3, -0.25) is 4.79 Å². The van der Waals surface area contributed by atoms with Gasteiger partial charge >= 0.3 is 6.03 Å². The van der Waals surface area contributed by atoms with Crippen LogP contribution in [-0.2, 0) is 9.53 Å². The second-order valence-corrected chi connectivity index (χ2v) is 7.45. The molecular formula is C20H29N3O4. The molecule has 2 heterocycles. The summed E-state index contributed by atoms with van der Waals surface area (Å²) in [6, 6.07) is 6.00. The van der Waals surface area contributed by atoms with Gasteiger partial charge in [-0.1, -0.05) is 18.2 Å². The number of benzene rings is 1. The second kappa shape index (κ2) is 8.61. The second-order valence-electron chi connectivity index (χ2n) is 7.45. The zero-order chi connectivity index (χ0) is 19.4. The van der Waals surface area contributed by atoms with E-state index in [1.165, 1.54) is 0 Å². The normalized spacial score (nSPS) is 20.0. The number of nitrogens with one attached hydrogen (secondary N) is 1. The summed E-state index contributed by atoms with van der Waals surface area (Å²) < 4.78 is 11.1. The summed E-state index contributed by atoms with van der Waals surface area (Å²) in [7, 11) is 1.63. The Morgan fingerprint density at radius 2 is 1.93 bits per heavy atom. The zero-order valence-electron chi connectivity index (χ0n) is 16.4. The Morgan fingerprint density at radius 3 is 2.59 bits per heavy atom. The van der Waals surface area contributed by atoms with E-state index in [1.54, 1.807) is 16.9 Å². The number of aryl methyl sites for hydroxylation is 2. The lowest BCUT2D eigenvalue weighted by atomic mass is 10.1. The molecule has 2 aliphatic rings. The van der Waals surface area contributed by atoms with Crippen LogP contribution in [0.1, 0.15) is 17.5 Å². The van der Waals surface area contributed by atoms with Crippen LogP contribution in [0.15, 0.2) is 18.2 Å². The zero-order valence-corrected chi connectivity index (χ0v) is 16.4. The molecule has 3 amide bonds. The Labute approximate surface area is 160 Å². The summed E-state index contributed by atoms with van der Waals surface area (Å²) >= 11 is 0. The molecule has 148 valence electrons. The third-order valence-corrected chi connectivity index (χ3v) is 5.23. The first-order chi connectivity index (χ1) is 13.0. The highest BCUT2D eigenvalue weighted by Gasteiger charge is 2.34. The summed E-state index contributed by atoms with van der Waals surface area (Å²) in [5.74, 6) is 1.22. The smallest absolute Gasteiger partial charge is 0.317 e. The first-order valence-electron chi connectivity index (χ1n) is 9.50. The van der Waals surface area contributed by atoms with Crippen LogP contribution in [0, 0.1) is 19.8 Å². The molecule has 7 heteroatoms. The molecule has 2 saturated heterocycles. The minimum absolute atomic E-state index is 0.0353. The maximum Gasteiger partial charge on any atom is 0.317 e. The molecule has 7 nitrogen and oxygen atoms in total. The number of para-hydroxylation sites is 1. The molecule has 0 unspecified atom stereocenters. The third-order valence-electron chi connectivity index (χ3n) is 5.23. The predicted octanol–water partition coefficient (Wildman–Crippen LogP) is 1.57. The van der Waals surface area contributed by atoms with Crippen molar-refractivity contribution in [2.75, 3.05) is 46.4 Å². The van der Waals surface area contributed by atoms with Crippen LogP contribution in [0.2, 0.25) is 0 Å². The molecule has 0 bridgehead atoms. The Hall–Kier alpha value is -2.28. The average molecular weight is 375 g/mol. The standard InChI is InChI=1S/C20H29N3O4/c1-14-5-4-6-15(2)19(14)27-17-12-23(13-17)20(25)21-10-16-9-18(24)22(11-16)7-8-26-3/h4-6,16-17H,7-13H2,1-3H3,(H,21,25)/t16-/m0/s1. The summed E-state index contributed by atoms with van der Waals surface area (Å²) in [5, 5.41) is 2.95. The van der Waals surface area contributed by atoms with Gasteiger partial charge in [0.2, 0.25) is 5.91 Å². The molecule has 1 aromatic carbocycles. The van der Waals surface area contributed by atoms with E-state index in [0.29, 0.717) is 45.8 Å². The summed E-state index contributed by atoms with van der Waals surface area (Å²) in [6.45, 7) is 7.60. The van der Waals surface area contributed by atoms with E-state index in [4.69, 9.17) is 9.47 Å². The highest BCUT2D eigenvalue weighted by atomic mass is 16.5. The fourth-order valence-corrected chi connectivity index (χ4v) is 3.58. The van der Waals surface area contributed by atoms with Crippen LogP contribution in [0.3, 0.4) is 0 Å². The number of carbonyl (C=O) groups is 2. The highest BCUT2D eigenvalue weighted by molar-refractivity contribution is 5.79. The van der Waals surface area contributed by atoms with E-state index in [2.05, 4.69) is 5.32 Å². The number of nitrogens with zero attached hydrogens (tertiary/aromatic N) is 2. The molecule has 2 aliphatic heterocycles. The van der Waals surface area contributed by atoms with E-state index < -0.39 is 0 Å². The fraction of sp³-hybridized carbons (Fsp3) is 0.600. The molecule has 0 radical (unpaired) electrons. The molecule has 2 fully saturated rings. The number of hydrogen-bond acceptors (Lipinski definition) is 4. The lowest BCUT2D eigenvalue weighted by Gasteiger charge is -2.39. The van der Waals surface area contributed by atoms with Crippen molar-refractivity contribution in [3.8, 4) is 5.75 Å². The average Bonchev–Trinajstić information content (AvgIpc) is 2.95. The van der Waals surface area contributed by atoms with Gasteiger partial charge in [-0.2, -0.15) is 0 Å². The number of ether oxygens (including phenoxy) is 2. The number of amides is 3. The van der Waals surface area contributed by atoms with Gasteiger partial charge < -0.3 is 24.6 Å². The van der Waals surface area contributed by atoms with Crippen molar-refractivity contribution >= 4 is 11.9 Å². The Bertz CT molecular complexity index is 668. The number of methoxy groups -OCH3 is 1. The van der Waals surface area contributed by atoms with E-state index in [0.717, 1.165) is 16.9 Å². The minimum Gasteiger partial charge on any atom is -0.486 e. The van der Waals surface area contributed by atoms with Gasteiger partial charge in [0.25, 0.3) is 0 Å². The van der Waals surface area contributed by atoms with Crippen molar-refractivity contribution in [1.29, 1.82) is 0 Å². The lowest BCUT2D eigenvalue weighted by Crippen LogP contribution is -2.59. The Morgan fingerprint density at radius 1 is 1.22 bits per heavy atom. The van der Waals surface area contributed by atoms with Gasteiger partial charge in [-0.15, -0.1) is 0 Å². The van der Waals surface area contributed by atoms with Gasteiger partial charge in [-0.05, 0) is 25.0 Å². The molecule has 1 aromatic rings. The first kappa shape index (κ1) is 19.5. The molecule has 0 spiro atoms. The summed E-state index contributed by atoms with van der Waals surface area (Å²) in [4.78, 5) is 27.8. The predicted molar refractivity (Wildman–Crippen MR) is 102 cm³/mol. The van der Waals surface area contributed by atoms with Crippen molar-refractivity contribution in [3.63, 3.8) is 0 Å². The highest BCUT2D eigenvalue weighted by Crippen LogP contribution is 2.26. The maximum atomic E-state index is 12.3. The van der Waals surface area contributed by atoms with Crippen molar-refractivity contribution < 1.29 is 19.1 Å². The van der Waals surface area contributed by atoms with Crippen molar-refractivity contribution in [1.82, 2.24) is 15.1 Å². The van der Waals surface area contributed by atoms with Crippen LogP contribution >= 0.6 is 0 Å². The summed E-state index contributed by atoms with van der Waals surface area (Å²) in [5.41, 5.74) is 2.23. The summed E-state index contributed by atoms with van der Waals surface area (Å²) in [6.07, 6.45) is 0.524. The van der Waals surface area contributed by atoms with Crippen molar-refractivity contribution in [3.05, 3.63) is 29.3 Å². The van der Waals surface area contributed by atoms with Crippen LogP contribution in [0.25, 0.3) is 0 Å². The molecular weight excluding hydrogens is 346 g/mol.